The summed E-state index contributed by atoms with van der Waals surface area (Å²) in [5.41, 5.74) is 2.38. The molecule has 2 heterocycles. The van der Waals surface area contributed by atoms with Crippen LogP contribution in [0.25, 0.3) is 0 Å². The van der Waals surface area contributed by atoms with Crippen LogP contribution in [0.1, 0.15) is 29.3 Å². The molecule has 0 saturated carbocycles. The lowest BCUT2D eigenvalue weighted by molar-refractivity contribution is 0.0944. The zero-order chi connectivity index (χ0) is 19.4. The molecule has 0 radical (unpaired) electrons. The highest BCUT2D eigenvalue weighted by atomic mass is 32.2. The number of aliphatic imine (C=N–C) groups is 1. The van der Waals surface area contributed by atoms with E-state index in [1.807, 2.05) is 19.9 Å². The third-order valence-electron chi connectivity index (χ3n) is 4.51. The Morgan fingerprint density at radius 1 is 1.37 bits per heavy atom. The summed E-state index contributed by atoms with van der Waals surface area (Å²) in [4.78, 5) is 16.8. The van der Waals surface area contributed by atoms with Crippen LogP contribution in [0.5, 0.6) is 0 Å². The molecular formula is C18H25N3O4S2. The fourth-order valence-corrected chi connectivity index (χ4v) is 6.72. The first-order valence-electron chi connectivity index (χ1n) is 9.06. The van der Waals surface area contributed by atoms with Crippen LogP contribution in [0.2, 0.25) is 0 Å². The van der Waals surface area contributed by atoms with Crippen LogP contribution in [0.3, 0.4) is 0 Å². The van der Waals surface area contributed by atoms with Gasteiger partial charge in [-0.2, -0.15) is 0 Å². The summed E-state index contributed by atoms with van der Waals surface area (Å²) in [6.45, 7) is 5.77. The van der Waals surface area contributed by atoms with Gasteiger partial charge < -0.3 is 15.4 Å². The van der Waals surface area contributed by atoms with Gasteiger partial charge in [-0.15, -0.1) is 0 Å². The summed E-state index contributed by atoms with van der Waals surface area (Å²) in [6, 6.07) is 5.33. The van der Waals surface area contributed by atoms with Crippen molar-refractivity contribution in [3.05, 3.63) is 29.3 Å². The van der Waals surface area contributed by atoms with Crippen molar-refractivity contribution >= 4 is 38.4 Å². The lowest BCUT2D eigenvalue weighted by Crippen LogP contribution is -2.25. The molecule has 0 unspecified atom stereocenters. The van der Waals surface area contributed by atoms with E-state index in [1.165, 1.54) is 11.8 Å². The molecule has 3 rings (SSSR count). The second kappa shape index (κ2) is 8.62. The molecule has 0 spiro atoms. The Bertz CT molecular complexity index is 839. The topological polar surface area (TPSA) is 96.9 Å². The molecule has 2 aliphatic rings. The van der Waals surface area contributed by atoms with Crippen molar-refractivity contribution in [1.82, 2.24) is 5.32 Å². The van der Waals surface area contributed by atoms with E-state index in [2.05, 4.69) is 15.6 Å². The van der Waals surface area contributed by atoms with Crippen molar-refractivity contribution in [2.45, 2.75) is 31.6 Å². The van der Waals surface area contributed by atoms with Crippen molar-refractivity contribution < 1.29 is 17.9 Å². The lowest BCUT2D eigenvalue weighted by Gasteiger charge is -2.12. The van der Waals surface area contributed by atoms with Gasteiger partial charge in [-0.3, -0.25) is 9.79 Å². The molecule has 0 aromatic heterocycles. The largest absolute Gasteiger partial charge is 0.382 e. The monoisotopic (exact) mass is 411 g/mol. The number of carbonyl (C=O) groups is 1. The predicted molar refractivity (Wildman–Crippen MR) is 110 cm³/mol. The average Bonchev–Trinajstić information content (AvgIpc) is 3.09. The molecule has 2 aliphatic heterocycles. The fraction of sp³-hybridized carbons (Fsp3) is 0.556. The van der Waals surface area contributed by atoms with Gasteiger partial charge in [0.2, 0.25) is 0 Å². The van der Waals surface area contributed by atoms with E-state index in [1.54, 1.807) is 12.1 Å². The smallest absolute Gasteiger partial charge is 0.251 e. The number of sulfone groups is 1. The van der Waals surface area contributed by atoms with Crippen LogP contribution in [-0.2, 0) is 14.6 Å². The third kappa shape index (κ3) is 5.24. The Hall–Kier alpha value is -1.58. The highest BCUT2D eigenvalue weighted by Crippen LogP contribution is 2.35. The normalized spacial score (nSPS) is 23.0. The summed E-state index contributed by atoms with van der Waals surface area (Å²) in [6.07, 6.45) is 0.773. The van der Waals surface area contributed by atoms with Crippen LogP contribution >= 0.6 is 11.8 Å². The number of ether oxygens (including phenoxy) is 1. The maximum absolute atomic E-state index is 12.3. The summed E-state index contributed by atoms with van der Waals surface area (Å²) in [5, 5.41) is 6.87. The van der Waals surface area contributed by atoms with E-state index in [9.17, 15) is 13.2 Å². The van der Waals surface area contributed by atoms with Gasteiger partial charge >= 0.3 is 0 Å². The van der Waals surface area contributed by atoms with E-state index >= 15 is 0 Å². The molecule has 2 atom stereocenters. The highest BCUT2D eigenvalue weighted by molar-refractivity contribution is 8.15. The summed E-state index contributed by atoms with van der Waals surface area (Å²) in [7, 11) is -2.96. The van der Waals surface area contributed by atoms with Gasteiger partial charge in [0, 0.05) is 36.3 Å². The Kier molecular flexibility index (Phi) is 6.44. The first-order chi connectivity index (χ1) is 12.9. The molecule has 0 bridgehead atoms. The van der Waals surface area contributed by atoms with Crippen LogP contribution in [0, 0.1) is 6.92 Å². The Morgan fingerprint density at radius 2 is 2.19 bits per heavy atom. The van der Waals surface area contributed by atoms with Crippen LogP contribution < -0.4 is 10.6 Å². The summed E-state index contributed by atoms with van der Waals surface area (Å²) < 4.78 is 28.6. The van der Waals surface area contributed by atoms with Gasteiger partial charge in [0.1, 0.15) is 0 Å². The van der Waals surface area contributed by atoms with Crippen molar-refractivity contribution in [3.8, 4) is 0 Å². The number of hydrogen-bond donors (Lipinski definition) is 2. The van der Waals surface area contributed by atoms with Gasteiger partial charge in [-0.1, -0.05) is 17.8 Å². The van der Waals surface area contributed by atoms with Crippen molar-refractivity contribution in [1.29, 1.82) is 0 Å². The Morgan fingerprint density at radius 3 is 2.93 bits per heavy atom. The molecule has 1 saturated heterocycles. The number of benzene rings is 1. The number of rotatable bonds is 7. The van der Waals surface area contributed by atoms with Gasteiger partial charge in [0.15, 0.2) is 15.0 Å². The van der Waals surface area contributed by atoms with Gasteiger partial charge in [0.25, 0.3) is 5.91 Å². The average molecular weight is 412 g/mol. The molecule has 7 nitrogen and oxygen atoms in total. The van der Waals surface area contributed by atoms with E-state index in [-0.39, 0.29) is 28.7 Å². The lowest BCUT2D eigenvalue weighted by atomic mass is 10.1. The Balaban J connectivity index is 1.60. The molecule has 9 heteroatoms. The van der Waals surface area contributed by atoms with E-state index in [0.717, 1.165) is 22.8 Å². The molecule has 1 amide bonds. The van der Waals surface area contributed by atoms with Crippen molar-refractivity contribution in [3.63, 3.8) is 0 Å². The number of nitrogens with one attached hydrogen (secondary N) is 2. The second-order valence-electron chi connectivity index (χ2n) is 6.70. The van der Waals surface area contributed by atoms with E-state index < -0.39 is 9.84 Å². The zero-order valence-electron chi connectivity index (χ0n) is 15.5. The number of aryl methyl sites for hydroxylation is 1. The molecule has 148 valence electrons. The van der Waals surface area contributed by atoms with Gasteiger partial charge in [-0.05, 0) is 38.0 Å². The number of amides is 1. The third-order valence-corrected chi connectivity index (χ3v) is 7.66. The minimum absolute atomic E-state index is 0.00497. The number of hydrogen-bond acceptors (Lipinski definition) is 7. The minimum Gasteiger partial charge on any atom is -0.382 e. The number of thioether (sulfide) groups is 1. The summed E-state index contributed by atoms with van der Waals surface area (Å²) in [5.74, 6) is 0.178. The molecule has 27 heavy (non-hydrogen) atoms. The minimum atomic E-state index is -2.96. The summed E-state index contributed by atoms with van der Waals surface area (Å²) >= 11 is 1.47. The zero-order valence-corrected chi connectivity index (χ0v) is 17.2. The molecule has 1 fully saturated rings. The number of carbonyl (C=O) groups excluding carboxylic acids is 1. The van der Waals surface area contributed by atoms with Crippen LogP contribution in [-0.4, -0.2) is 62.0 Å². The molecular weight excluding hydrogens is 386 g/mol. The number of anilines is 1. The second-order valence-corrected chi connectivity index (χ2v) is 10.1. The maximum atomic E-state index is 12.3. The first kappa shape index (κ1) is 20.2. The van der Waals surface area contributed by atoms with Crippen molar-refractivity contribution in [2.24, 2.45) is 4.99 Å². The molecule has 2 N–H and O–H groups in total. The molecule has 1 aromatic rings. The fourth-order valence-electron chi connectivity index (χ4n) is 3.05. The Labute approximate surface area is 164 Å². The van der Waals surface area contributed by atoms with E-state index in [4.69, 9.17) is 4.74 Å². The number of fused-ring (bicyclic) bond motifs is 1. The highest BCUT2D eigenvalue weighted by Gasteiger charge is 2.42. The van der Waals surface area contributed by atoms with E-state index in [0.29, 0.717) is 25.3 Å². The SMILES string of the molecule is CCOCCCNC(=O)c1ccc(C)c(NC2=N[C@H]3CS(=O)(=O)C[C@@H]3S2)c1. The van der Waals surface area contributed by atoms with Gasteiger partial charge in [0.05, 0.1) is 17.5 Å². The quantitative estimate of drug-likeness (QED) is 0.665. The first-order valence-corrected chi connectivity index (χ1v) is 11.8. The standard InChI is InChI=1S/C18H25N3O4S2/c1-3-25-8-4-7-19-17(22)13-6-5-12(2)14(9-13)20-18-21-15-10-27(23,24)11-16(15)26-18/h5-6,9,15-16H,3-4,7-8,10-11H2,1-2H3,(H,19,22)(H,20,21)/t15-,16-/m0/s1. The van der Waals surface area contributed by atoms with Crippen LogP contribution in [0.4, 0.5) is 5.69 Å². The number of amidine groups is 1. The number of nitrogens with zero attached hydrogens (tertiary/aromatic N) is 1. The van der Waals surface area contributed by atoms with Gasteiger partial charge in [-0.25, -0.2) is 8.42 Å². The molecule has 1 aromatic carbocycles. The predicted octanol–water partition coefficient (Wildman–Crippen LogP) is 1.83. The maximum Gasteiger partial charge on any atom is 0.251 e. The molecule has 0 aliphatic carbocycles. The van der Waals surface area contributed by atoms with Crippen molar-refractivity contribution in [2.75, 3.05) is 36.6 Å². The van der Waals surface area contributed by atoms with Crippen LogP contribution in [0.15, 0.2) is 23.2 Å².